The first-order chi connectivity index (χ1) is 9.76. The number of piperazine rings is 1. The van der Waals surface area contributed by atoms with Crippen LogP contribution in [0.1, 0.15) is 37.5 Å². The minimum absolute atomic E-state index is 0.221. The summed E-state index contributed by atoms with van der Waals surface area (Å²) in [6.45, 7) is 5.88. The highest BCUT2D eigenvalue weighted by Gasteiger charge is 2.30. The van der Waals surface area contributed by atoms with Gasteiger partial charge in [0.05, 0.1) is 13.2 Å². The molecule has 0 unspecified atom stereocenters. The number of aromatic nitrogens is 2. The van der Waals surface area contributed by atoms with Crippen LogP contribution in [0.15, 0.2) is 4.42 Å². The molecule has 2 aliphatic rings. The largest absolute Gasteiger partial charge is 0.450 e. The number of hydrogen-bond acceptors (Lipinski definition) is 6. The highest BCUT2D eigenvalue weighted by Crippen LogP contribution is 2.39. The quantitative estimate of drug-likeness (QED) is 0.826. The van der Waals surface area contributed by atoms with Gasteiger partial charge in [0.25, 0.3) is 0 Å². The molecule has 1 saturated carbocycles. The van der Waals surface area contributed by atoms with Crippen LogP contribution in [0.5, 0.6) is 0 Å². The highest BCUT2D eigenvalue weighted by molar-refractivity contribution is 5.67. The van der Waals surface area contributed by atoms with E-state index < -0.39 is 0 Å². The number of rotatable bonds is 4. The first-order valence-corrected chi connectivity index (χ1v) is 7.22. The molecule has 0 bridgehead atoms. The van der Waals surface area contributed by atoms with Gasteiger partial charge in [0.2, 0.25) is 11.8 Å². The number of ether oxygens (including phenoxy) is 1. The lowest BCUT2D eigenvalue weighted by molar-refractivity contribution is 0.0754. The van der Waals surface area contributed by atoms with Crippen molar-refractivity contribution in [1.82, 2.24) is 20.0 Å². The second-order valence-electron chi connectivity index (χ2n) is 5.27. The number of carbonyl (C=O) groups excluding carboxylic acids is 1. The SMILES string of the molecule is CCOC(=O)N1CCN(Cc2nnc(C3CC3)o2)CC1. The first-order valence-electron chi connectivity index (χ1n) is 7.22. The lowest BCUT2D eigenvalue weighted by Gasteiger charge is -2.33. The molecule has 0 spiro atoms. The Bertz CT molecular complexity index is 464. The molecule has 20 heavy (non-hydrogen) atoms. The van der Waals surface area contributed by atoms with Gasteiger partial charge in [-0.2, -0.15) is 0 Å². The molecular weight excluding hydrogens is 260 g/mol. The topological polar surface area (TPSA) is 71.7 Å². The fourth-order valence-electron chi connectivity index (χ4n) is 2.32. The molecule has 0 atom stereocenters. The van der Waals surface area contributed by atoms with Crippen molar-refractivity contribution in [3.05, 3.63) is 11.8 Å². The molecule has 0 radical (unpaired) electrons. The molecule has 1 aromatic rings. The zero-order valence-corrected chi connectivity index (χ0v) is 11.7. The molecule has 0 N–H and O–H groups in total. The second kappa shape index (κ2) is 5.78. The summed E-state index contributed by atoms with van der Waals surface area (Å²) in [4.78, 5) is 15.6. The standard InChI is InChI=1S/C13H20N4O3/c1-2-19-13(18)17-7-5-16(6-8-17)9-11-14-15-12(20-11)10-3-4-10/h10H,2-9H2,1H3. The van der Waals surface area contributed by atoms with E-state index in [2.05, 4.69) is 15.1 Å². The van der Waals surface area contributed by atoms with Crippen LogP contribution < -0.4 is 0 Å². The minimum atomic E-state index is -0.221. The number of carbonyl (C=O) groups is 1. The van der Waals surface area contributed by atoms with Crippen LogP contribution in [0.25, 0.3) is 0 Å². The molecule has 1 aliphatic carbocycles. The predicted octanol–water partition coefficient (Wildman–Crippen LogP) is 1.22. The van der Waals surface area contributed by atoms with E-state index >= 15 is 0 Å². The van der Waals surface area contributed by atoms with Crippen LogP contribution in [0, 0.1) is 0 Å². The van der Waals surface area contributed by atoms with Gasteiger partial charge in [0.15, 0.2) is 0 Å². The maximum Gasteiger partial charge on any atom is 0.409 e. The van der Waals surface area contributed by atoms with E-state index in [1.165, 1.54) is 12.8 Å². The Kier molecular flexibility index (Phi) is 3.86. The normalized spacial score (nSPS) is 20.1. The van der Waals surface area contributed by atoms with Gasteiger partial charge in [-0.15, -0.1) is 10.2 Å². The van der Waals surface area contributed by atoms with Gasteiger partial charge >= 0.3 is 6.09 Å². The van der Waals surface area contributed by atoms with Gasteiger partial charge in [-0.05, 0) is 19.8 Å². The Labute approximate surface area is 117 Å². The van der Waals surface area contributed by atoms with Crippen molar-refractivity contribution in [2.75, 3.05) is 32.8 Å². The van der Waals surface area contributed by atoms with E-state index in [1.807, 2.05) is 6.92 Å². The van der Waals surface area contributed by atoms with Crippen molar-refractivity contribution in [3.8, 4) is 0 Å². The van der Waals surface area contributed by atoms with E-state index in [1.54, 1.807) is 4.90 Å². The molecule has 1 aromatic heterocycles. The molecule has 2 heterocycles. The molecule has 3 rings (SSSR count). The summed E-state index contributed by atoms with van der Waals surface area (Å²) in [5, 5.41) is 8.17. The van der Waals surface area contributed by atoms with E-state index in [0.717, 1.165) is 19.0 Å². The van der Waals surface area contributed by atoms with Crippen LogP contribution in [-0.2, 0) is 11.3 Å². The lowest BCUT2D eigenvalue weighted by Crippen LogP contribution is -2.48. The molecule has 7 nitrogen and oxygen atoms in total. The first kappa shape index (κ1) is 13.4. The van der Waals surface area contributed by atoms with Gasteiger partial charge in [-0.3, -0.25) is 4.90 Å². The number of hydrogen-bond donors (Lipinski definition) is 0. The smallest absolute Gasteiger partial charge is 0.409 e. The van der Waals surface area contributed by atoms with Crippen molar-refractivity contribution in [1.29, 1.82) is 0 Å². The van der Waals surface area contributed by atoms with E-state index in [0.29, 0.717) is 38.0 Å². The Morgan fingerprint density at radius 1 is 1.30 bits per heavy atom. The summed E-state index contributed by atoms with van der Waals surface area (Å²) in [6.07, 6.45) is 2.11. The monoisotopic (exact) mass is 280 g/mol. The van der Waals surface area contributed by atoms with Crippen molar-refractivity contribution in [3.63, 3.8) is 0 Å². The molecule has 0 aromatic carbocycles. The lowest BCUT2D eigenvalue weighted by atomic mass is 10.3. The molecular formula is C13H20N4O3. The molecule has 110 valence electrons. The van der Waals surface area contributed by atoms with Crippen LogP contribution in [0.2, 0.25) is 0 Å². The number of amides is 1. The van der Waals surface area contributed by atoms with Crippen LogP contribution in [-0.4, -0.2) is 58.9 Å². The zero-order chi connectivity index (χ0) is 13.9. The van der Waals surface area contributed by atoms with E-state index in [9.17, 15) is 4.79 Å². The van der Waals surface area contributed by atoms with Crippen LogP contribution in [0.4, 0.5) is 4.79 Å². The fraction of sp³-hybridized carbons (Fsp3) is 0.769. The Balaban J connectivity index is 1.46. The number of nitrogens with zero attached hydrogens (tertiary/aromatic N) is 4. The van der Waals surface area contributed by atoms with Crippen LogP contribution >= 0.6 is 0 Å². The minimum Gasteiger partial charge on any atom is -0.450 e. The fourth-order valence-corrected chi connectivity index (χ4v) is 2.32. The average molecular weight is 280 g/mol. The summed E-state index contributed by atoms with van der Waals surface area (Å²) >= 11 is 0. The Hall–Kier alpha value is -1.63. The third kappa shape index (κ3) is 3.09. The van der Waals surface area contributed by atoms with Gasteiger partial charge in [-0.25, -0.2) is 4.79 Å². The predicted molar refractivity (Wildman–Crippen MR) is 70.1 cm³/mol. The van der Waals surface area contributed by atoms with Crippen LogP contribution in [0.3, 0.4) is 0 Å². The molecule has 1 aliphatic heterocycles. The third-order valence-corrected chi connectivity index (χ3v) is 3.67. The Morgan fingerprint density at radius 2 is 2.05 bits per heavy atom. The van der Waals surface area contributed by atoms with Gasteiger partial charge in [0.1, 0.15) is 0 Å². The highest BCUT2D eigenvalue weighted by atomic mass is 16.6. The summed E-state index contributed by atoms with van der Waals surface area (Å²) in [6, 6.07) is 0. The van der Waals surface area contributed by atoms with Crippen molar-refractivity contribution < 1.29 is 13.9 Å². The average Bonchev–Trinajstić information content (AvgIpc) is 3.21. The molecule has 7 heteroatoms. The van der Waals surface area contributed by atoms with E-state index in [4.69, 9.17) is 9.15 Å². The van der Waals surface area contributed by atoms with Crippen molar-refractivity contribution in [2.24, 2.45) is 0 Å². The summed E-state index contributed by atoms with van der Waals surface area (Å²) in [5.74, 6) is 1.96. The van der Waals surface area contributed by atoms with E-state index in [-0.39, 0.29) is 6.09 Å². The van der Waals surface area contributed by atoms with Gasteiger partial charge < -0.3 is 14.1 Å². The van der Waals surface area contributed by atoms with Crippen molar-refractivity contribution >= 4 is 6.09 Å². The molecule has 1 saturated heterocycles. The van der Waals surface area contributed by atoms with Gasteiger partial charge in [-0.1, -0.05) is 0 Å². The maximum atomic E-state index is 11.6. The third-order valence-electron chi connectivity index (χ3n) is 3.67. The maximum absolute atomic E-state index is 11.6. The molecule has 1 amide bonds. The van der Waals surface area contributed by atoms with Gasteiger partial charge in [0, 0.05) is 32.1 Å². The molecule has 2 fully saturated rings. The van der Waals surface area contributed by atoms with Crippen molar-refractivity contribution in [2.45, 2.75) is 32.2 Å². The second-order valence-corrected chi connectivity index (χ2v) is 5.27. The summed E-state index contributed by atoms with van der Waals surface area (Å²) in [7, 11) is 0. The summed E-state index contributed by atoms with van der Waals surface area (Å²) in [5.41, 5.74) is 0. The summed E-state index contributed by atoms with van der Waals surface area (Å²) < 4.78 is 10.7. The Morgan fingerprint density at radius 3 is 2.70 bits per heavy atom. The zero-order valence-electron chi connectivity index (χ0n) is 11.7.